The largest absolute Gasteiger partial charge is 0.349 e. The Labute approximate surface area is 176 Å². The molecule has 1 aliphatic heterocycles. The molecule has 0 radical (unpaired) electrons. The molecule has 0 bridgehead atoms. The van der Waals surface area contributed by atoms with Crippen LogP contribution in [0.2, 0.25) is 0 Å². The molecule has 3 aromatic rings. The molecular formula is C24H24N2O3S. The van der Waals surface area contributed by atoms with Crippen LogP contribution in [0.3, 0.4) is 0 Å². The highest BCUT2D eigenvalue weighted by molar-refractivity contribution is 7.93. The van der Waals surface area contributed by atoms with E-state index < -0.39 is 10.0 Å². The molecule has 0 saturated heterocycles. The lowest BCUT2D eigenvalue weighted by Gasteiger charge is -2.26. The molecule has 2 aliphatic rings. The van der Waals surface area contributed by atoms with Crippen LogP contribution < -0.4 is 9.62 Å². The molecule has 6 heteroatoms. The van der Waals surface area contributed by atoms with E-state index in [1.165, 1.54) is 15.4 Å². The topological polar surface area (TPSA) is 66.5 Å². The second kappa shape index (κ2) is 7.43. The second-order valence-electron chi connectivity index (χ2n) is 8.02. The summed E-state index contributed by atoms with van der Waals surface area (Å²) in [7, 11) is -3.56. The molecule has 5 nitrogen and oxygen atoms in total. The molecule has 1 heterocycles. The van der Waals surface area contributed by atoms with Crippen molar-refractivity contribution in [1.82, 2.24) is 5.32 Å². The van der Waals surface area contributed by atoms with E-state index >= 15 is 0 Å². The lowest BCUT2D eigenvalue weighted by Crippen LogP contribution is -2.32. The van der Waals surface area contributed by atoms with Crippen molar-refractivity contribution in [3.8, 4) is 0 Å². The lowest BCUT2D eigenvalue weighted by atomic mass is 9.87. The summed E-state index contributed by atoms with van der Waals surface area (Å²) in [5.74, 6) is -0.0241. The van der Waals surface area contributed by atoms with E-state index in [0.717, 1.165) is 30.0 Å². The van der Waals surface area contributed by atoms with Gasteiger partial charge in [0.15, 0.2) is 0 Å². The number of rotatable bonds is 5. The van der Waals surface area contributed by atoms with Gasteiger partial charge in [0.25, 0.3) is 10.0 Å². The number of sulfonamides is 1. The SMILES string of the molecule is O=C(CCCN1c2cccc3cccc(c23)S1(=O)=O)N[C@H]1CCCc2ccccc21. The van der Waals surface area contributed by atoms with Crippen molar-refractivity contribution in [2.45, 2.75) is 43.0 Å². The van der Waals surface area contributed by atoms with Gasteiger partial charge >= 0.3 is 0 Å². The summed E-state index contributed by atoms with van der Waals surface area (Å²) < 4.78 is 27.5. The Kier molecular flexibility index (Phi) is 4.74. The number of fused-ring (bicyclic) bond motifs is 1. The predicted octanol–water partition coefficient (Wildman–Crippen LogP) is 4.32. The van der Waals surface area contributed by atoms with Gasteiger partial charge in [-0.2, -0.15) is 0 Å². The molecule has 1 amide bonds. The smallest absolute Gasteiger partial charge is 0.265 e. The number of amides is 1. The van der Waals surface area contributed by atoms with E-state index in [9.17, 15) is 13.2 Å². The maximum absolute atomic E-state index is 13.0. The van der Waals surface area contributed by atoms with Crippen LogP contribution in [0.15, 0.2) is 65.6 Å². The van der Waals surface area contributed by atoms with Gasteiger partial charge in [-0.25, -0.2) is 8.42 Å². The Bertz CT molecular complexity index is 1230. The van der Waals surface area contributed by atoms with Gasteiger partial charge in [-0.3, -0.25) is 9.10 Å². The number of hydrogen-bond acceptors (Lipinski definition) is 3. The summed E-state index contributed by atoms with van der Waals surface area (Å²) in [6.45, 7) is 0.296. The van der Waals surface area contributed by atoms with Crippen molar-refractivity contribution in [2.24, 2.45) is 0 Å². The number of hydrogen-bond donors (Lipinski definition) is 1. The van der Waals surface area contributed by atoms with Crippen LogP contribution in [0.5, 0.6) is 0 Å². The number of nitrogens with zero attached hydrogens (tertiary/aromatic N) is 1. The summed E-state index contributed by atoms with van der Waals surface area (Å²) >= 11 is 0. The zero-order chi connectivity index (χ0) is 20.7. The number of carbonyl (C=O) groups is 1. The average Bonchev–Trinajstić information content (AvgIpc) is 2.97. The third-order valence-electron chi connectivity index (χ3n) is 6.15. The highest BCUT2D eigenvalue weighted by Gasteiger charge is 2.35. The van der Waals surface area contributed by atoms with E-state index in [0.29, 0.717) is 30.0 Å². The summed E-state index contributed by atoms with van der Waals surface area (Å²) in [6, 6.07) is 19.3. The van der Waals surface area contributed by atoms with E-state index in [2.05, 4.69) is 17.4 Å². The van der Waals surface area contributed by atoms with Gasteiger partial charge in [0, 0.05) is 18.4 Å². The minimum absolute atomic E-state index is 0.0241. The second-order valence-corrected chi connectivity index (χ2v) is 9.85. The molecule has 154 valence electrons. The molecule has 1 atom stereocenters. The van der Waals surface area contributed by atoms with Crippen molar-refractivity contribution in [3.63, 3.8) is 0 Å². The Balaban J connectivity index is 1.26. The fraction of sp³-hybridized carbons (Fsp3) is 0.292. The molecule has 0 saturated carbocycles. The van der Waals surface area contributed by atoms with E-state index in [1.807, 2.05) is 36.4 Å². The fourth-order valence-corrected chi connectivity index (χ4v) is 6.50. The van der Waals surface area contributed by atoms with Gasteiger partial charge < -0.3 is 5.32 Å². The number of carbonyl (C=O) groups excluding carboxylic acids is 1. The van der Waals surface area contributed by atoms with Crippen molar-refractivity contribution in [2.75, 3.05) is 10.8 Å². The van der Waals surface area contributed by atoms with Crippen LogP contribution in [0.4, 0.5) is 5.69 Å². The van der Waals surface area contributed by atoms with Crippen LogP contribution in [-0.4, -0.2) is 20.9 Å². The van der Waals surface area contributed by atoms with E-state index in [1.54, 1.807) is 12.1 Å². The van der Waals surface area contributed by atoms with Gasteiger partial charge in [-0.1, -0.05) is 48.5 Å². The fourth-order valence-electron chi connectivity index (χ4n) is 4.75. The molecule has 5 rings (SSSR count). The highest BCUT2D eigenvalue weighted by atomic mass is 32.2. The zero-order valence-corrected chi connectivity index (χ0v) is 17.5. The third-order valence-corrected chi connectivity index (χ3v) is 8.01. The maximum Gasteiger partial charge on any atom is 0.265 e. The molecule has 3 aromatic carbocycles. The van der Waals surface area contributed by atoms with Crippen LogP contribution in [0, 0.1) is 0 Å². The van der Waals surface area contributed by atoms with Crippen molar-refractivity contribution in [3.05, 3.63) is 71.8 Å². The van der Waals surface area contributed by atoms with Crippen molar-refractivity contribution < 1.29 is 13.2 Å². The Morgan fingerprint density at radius 2 is 1.83 bits per heavy atom. The molecule has 0 unspecified atom stereocenters. The monoisotopic (exact) mass is 420 g/mol. The first-order chi connectivity index (χ1) is 14.6. The number of benzene rings is 3. The first-order valence-electron chi connectivity index (χ1n) is 10.5. The van der Waals surface area contributed by atoms with Gasteiger partial charge in [0.05, 0.1) is 16.6 Å². The van der Waals surface area contributed by atoms with Gasteiger partial charge in [-0.15, -0.1) is 0 Å². The molecule has 1 aliphatic carbocycles. The maximum atomic E-state index is 13.0. The molecule has 1 N–H and O–H groups in total. The normalized spacial score (nSPS) is 18.9. The average molecular weight is 421 g/mol. The zero-order valence-electron chi connectivity index (χ0n) is 16.7. The van der Waals surface area contributed by atoms with Gasteiger partial charge in [0.1, 0.15) is 0 Å². The Morgan fingerprint density at radius 3 is 2.70 bits per heavy atom. The predicted molar refractivity (Wildman–Crippen MR) is 118 cm³/mol. The third kappa shape index (κ3) is 3.16. The number of nitrogens with one attached hydrogen (secondary N) is 1. The molecule has 0 fully saturated rings. The van der Waals surface area contributed by atoms with Gasteiger partial charge in [0.2, 0.25) is 5.91 Å². The molecule has 30 heavy (non-hydrogen) atoms. The minimum Gasteiger partial charge on any atom is -0.349 e. The Morgan fingerprint density at radius 1 is 1.03 bits per heavy atom. The molecular weight excluding hydrogens is 396 g/mol. The van der Waals surface area contributed by atoms with Crippen molar-refractivity contribution in [1.29, 1.82) is 0 Å². The number of anilines is 1. The quantitative estimate of drug-likeness (QED) is 0.668. The minimum atomic E-state index is -3.56. The standard InChI is InChI=1S/C24H24N2O3S/c27-23(25-20-12-3-8-17-7-1-2-11-19(17)20)15-6-16-26-21-13-4-9-18-10-5-14-22(24(18)21)30(26,28)29/h1-2,4-5,7,9-11,13-14,20H,3,6,8,12,15-16H2,(H,25,27)/t20-/m0/s1. The van der Waals surface area contributed by atoms with E-state index in [-0.39, 0.29) is 11.9 Å². The highest BCUT2D eigenvalue weighted by Crippen LogP contribution is 2.42. The first kappa shape index (κ1) is 19.1. The summed E-state index contributed by atoms with van der Waals surface area (Å²) in [5, 5.41) is 4.85. The summed E-state index contributed by atoms with van der Waals surface area (Å²) in [4.78, 5) is 12.9. The summed E-state index contributed by atoms with van der Waals surface area (Å²) in [6.07, 6.45) is 3.85. The van der Waals surface area contributed by atoms with Crippen LogP contribution in [-0.2, 0) is 21.2 Å². The number of aryl methyl sites for hydroxylation is 1. The van der Waals surface area contributed by atoms with Crippen LogP contribution in [0.25, 0.3) is 10.8 Å². The molecule has 0 aromatic heterocycles. The van der Waals surface area contributed by atoms with E-state index in [4.69, 9.17) is 0 Å². The summed E-state index contributed by atoms with van der Waals surface area (Å²) in [5.41, 5.74) is 3.23. The molecule has 0 spiro atoms. The lowest BCUT2D eigenvalue weighted by molar-refractivity contribution is -0.122. The Hall–Kier alpha value is -2.86. The van der Waals surface area contributed by atoms with Crippen LogP contribution in [0.1, 0.15) is 42.9 Å². The van der Waals surface area contributed by atoms with Crippen molar-refractivity contribution >= 4 is 32.4 Å². The van der Waals surface area contributed by atoms with Crippen LogP contribution >= 0.6 is 0 Å². The van der Waals surface area contributed by atoms with Gasteiger partial charge in [-0.05, 0) is 54.3 Å². The first-order valence-corrected chi connectivity index (χ1v) is 11.9.